The highest BCUT2D eigenvalue weighted by Gasteiger charge is 2.59. The standard InChI is InChI=1S/C16H15N3O4/c1-15-5-6-16(2,22-15)12-11(15)13(20)19(14(12)21)8-3-4-9-10(7-8)18-23-17-9/h3-4,7,20-21H,5-6H2,1-2H3. The number of hydrogen-bond donors (Lipinski definition) is 2. The van der Waals surface area contributed by atoms with Gasteiger partial charge in [-0.3, -0.25) is 4.57 Å². The summed E-state index contributed by atoms with van der Waals surface area (Å²) in [7, 11) is 0. The molecule has 2 aliphatic rings. The molecule has 0 radical (unpaired) electrons. The van der Waals surface area contributed by atoms with Crippen LogP contribution in [0.2, 0.25) is 0 Å². The molecule has 2 unspecified atom stereocenters. The Bertz CT molecular complexity index is 936. The summed E-state index contributed by atoms with van der Waals surface area (Å²) in [6, 6.07) is 5.21. The van der Waals surface area contributed by atoms with Crippen LogP contribution in [0.15, 0.2) is 22.8 Å². The van der Waals surface area contributed by atoms with Crippen molar-refractivity contribution < 1.29 is 19.6 Å². The van der Waals surface area contributed by atoms with Gasteiger partial charge < -0.3 is 14.9 Å². The lowest BCUT2D eigenvalue weighted by molar-refractivity contribution is -0.0683. The van der Waals surface area contributed by atoms with E-state index in [2.05, 4.69) is 10.3 Å². The maximum Gasteiger partial charge on any atom is 0.205 e. The molecule has 2 N–H and O–H groups in total. The average molecular weight is 313 g/mol. The Morgan fingerprint density at radius 1 is 1.00 bits per heavy atom. The SMILES string of the molecule is CC12CCC(C)(O1)c1c2c(O)n(-c2ccc3nonc3c2)c1O. The molecule has 2 bridgehead atoms. The molecule has 7 heteroatoms. The first-order chi connectivity index (χ1) is 10.9. The minimum absolute atomic E-state index is 0.0132. The fourth-order valence-corrected chi connectivity index (χ4v) is 4.13. The van der Waals surface area contributed by atoms with Crippen LogP contribution < -0.4 is 0 Å². The molecule has 4 heterocycles. The molecule has 0 saturated carbocycles. The lowest BCUT2D eigenvalue weighted by atomic mass is 9.80. The monoisotopic (exact) mass is 313 g/mol. The molecule has 1 aromatic carbocycles. The summed E-state index contributed by atoms with van der Waals surface area (Å²) in [6.45, 7) is 3.91. The molecule has 2 atom stereocenters. The maximum atomic E-state index is 10.8. The summed E-state index contributed by atoms with van der Waals surface area (Å²) in [5.41, 5.74) is 2.03. The predicted molar refractivity (Wildman–Crippen MR) is 79.5 cm³/mol. The summed E-state index contributed by atoms with van der Waals surface area (Å²) in [5, 5.41) is 29.1. The van der Waals surface area contributed by atoms with Crippen molar-refractivity contribution in [1.29, 1.82) is 0 Å². The molecule has 1 saturated heterocycles. The lowest BCUT2D eigenvalue weighted by Gasteiger charge is -2.20. The van der Waals surface area contributed by atoms with Crippen molar-refractivity contribution in [2.24, 2.45) is 0 Å². The topological polar surface area (TPSA) is 93.5 Å². The highest BCUT2D eigenvalue weighted by Crippen LogP contribution is 2.64. The molecule has 2 aromatic heterocycles. The molecular weight excluding hydrogens is 298 g/mol. The number of hydrogen-bond acceptors (Lipinski definition) is 6. The second-order valence-corrected chi connectivity index (χ2v) is 6.73. The smallest absolute Gasteiger partial charge is 0.205 e. The Morgan fingerprint density at radius 3 is 2.26 bits per heavy atom. The Balaban J connectivity index is 1.80. The molecular formula is C16H15N3O4. The van der Waals surface area contributed by atoms with E-state index in [1.807, 2.05) is 13.8 Å². The molecule has 7 nitrogen and oxygen atoms in total. The van der Waals surface area contributed by atoms with Crippen molar-refractivity contribution in [2.45, 2.75) is 37.9 Å². The van der Waals surface area contributed by atoms with Crippen LogP contribution in [0.5, 0.6) is 11.8 Å². The quantitative estimate of drug-likeness (QED) is 0.717. The first kappa shape index (κ1) is 13.0. The van der Waals surface area contributed by atoms with Crippen molar-refractivity contribution in [3.63, 3.8) is 0 Å². The summed E-state index contributed by atoms with van der Waals surface area (Å²) in [6.07, 6.45) is 1.64. The van der Waals surface area contributed by atoms with Crippen molar-refractivity contribution in [3.8, 4) is 17.4 Å². The van der Waals surface area contributed by atoms with Gasteiger partial charge in [0.1, 0.15) is 11.0 Å². The highest BCUT2D eigenvalue weighted by atomic mass is 16.6. The normalized spacial score (nSPS) is 28.6. The zero-order valence-corrected chi connectivity index (χ0v) is 12.7. The van der Waals surface area contributed by atoms with E-state index in [0.717, 1.165) is 12.8 Å². The van der Waals surface area contributed by atoms with Gasteiger partial charge in [0, 0.05) is 0 Å². The number of nitrogens with zero attached hydrogens (tertiary/aromatic N) is 3. The van der Waals surface area contributed by atoms with E-state index in [4.69, 9.17) is 9.37 Å². The van der Waals surface area contributed by atoms with Crippen LogP contribution in [0.1, 0.15) is 37.8 Å². The number of aromatic nitrogens is 3. The zero-order chi connectivity index (χ0) is 16.0. The summed E-state index contributed by atoms with van der Waals surface area (Å²) in [4.78, 5) is 0. The van der Waals surface area contributed by atoms with Gasteiger partial charge >= 0.3 is 0 Å². The van der Waals surface area contributed by atoms with Gasteiger partial charge in [0.25, 0.3) is 0 Å². The van der Waals surface area contributed by atoms with Gasteiger partial charge in [0.15, 0.2) is 0 Å². The molecule has 5 rings (SSSR count). The van der Waals surface area contributed by atoms with Crippen LogP contribution in [-0.2, 0) is 15.9 Å². The van der Waals surface area contributed by atoms with Gasteiger partial charge in [0.05, 0.1) is 28.0 Å². The molecule has 0 aliphatic carbocycles. The van der Waals surface area contributed by atoms with Gasteiger partial charge in [-0.2, -0.15) is 0 Å². The zero-order valence-electron chi connectivity index (χ0n) is 12.7. The van der Waals surface area contributed by atoms with Gasteiger partial charge in [-0.05, 0) is 55.2 Å². The van der Waals surface area contributed by atoms with Crippen molar-refractivity contribution >= 4 is 11.0 Å². The highest BCUT2D eigenvalue weighted by molar-refractivity contribution is 5.76. The lowest BCUT2D eigenvalue weighted by Crippen LogP contribution is -2.17. The van der Waals surface area contributed by atoms with Gasteiger partial charge in [-0.25, -0.2) is 4.63 Å². The van der Waals surface area contributed by atoms with E-state index < -0.39 is 11.2 Å². The fourth-order valence-electron chi connectivity index (χ4n) is 4.13. The Morgan fingerprint density at radius 2 is 1.61 bits per heavy atom. The van der Waals surface area contributed by atoms with E-state index in [9.17, 15) is 10.2 Å². The van der Waals surface area contributed by atoms with Crippen LogP contribution >= 0.6 is 0 Å². The summed E-state index contributed by atoms with van der Waals surface area (Å²) in [5.74, 6) is 0.0264. The van der Waals surface area contributed by atoms with Crippen LogP contribution in [0.4, 0.5) is 0 Å². The third-order valence-electron chi connectivity index (χ3n) is 5.20. The number of rotatable bonds is 1. The van der Waals surface area contributed by atoms with Crippen LogP contribution in [0, 0.1) is 0 Å². The van der Waals surface area contributed by atoms with E-state index in [-0.39, 0.29) is 11.8 Å². The molecule has 3 aromatic rings. The van der Waals surface area contributed by atoms with Crippen LogP contribution in [0.25, 0.3) is 16.7 Å². The molecule has 23 heavy (non-hydrogen) atoms. The van der Waals surface area contributed by atoms with Gasteiger partial charge in [-0.1, -0.05) is 0 Å². The van der Waals surface area contributed by atoms with Crippen LogP contribution in [0.3, 0.4) is 0 Å². The van der Waals surface area contributed by atoms with E-state index in [0.29, 0.717) is 27.8 Å². The minimum atomic E-state index is -0.559. The molecule has 2 aliphatic heterocycles. The Kier molecular flexibility index (Phi) is 2.07. The maximum absolute atomic E-state index is 10.8. The van der Waals surface area contributed by atoms with Crippen molar-refractivity contribution in [1.82, 2.24) is 14.9 Å². The molecule has 1 fully saturated rings. The van der Waals surface area contributed by atoms with Gasteiger partial charge in [0.2, 0.25) is 11.8 Å². The largest absolute Gasteiger partial charge is 0.494 e. The second kappa shape index (κ2) is 3.68. The molecule has 118 valence electrons. The average Bonchev–Trinajstić information content (AvgIpc) is 3.19. The second-order valence-electron chi connectivity index (χ2n) is 6.73. The van der Waals surface area contributed by atoms with E-state index in [1.165, 1.54) is 4.57 Å². The number of benzene rings is 1. The number of ether oxygens (including phenoxy) is 1. The van der Waals surface area contributed by atoms with Crippen molar-refractivity contribution in [3.05, 3.63) is 29.3 Å². The third kappa shape index (κ3) is 1.38. The molecule has 0 spiro atoms. The van der Waals surface area contributed by atoms with Gasteiger partial charge in [-0.15, -0.1) is 0 Å². The number of fused-ring (bicyclic) bond motifs is 6. The van der Waals surface area contributed by atoms with Crippen molar-refractivity contribution in [2.75, 3.05) is 0 Å². The summed E-state index contributed by atoms with van der Waals surface area (Å²) >= 11 is 0. The van der Waals surface area contributed by atoms with E-state index >= 15 is 0 Å². The Labute approximate surface area is 131 Å². The number of aromatic hydroxyl groups is 2. The minimum Gasteiger partial charge on any atom is -0.494 e. The first-order valence-corrected chi connectivity index (χ1v) is 7.53. The summed E-state index contributed by atoms with van der Waals surface area (Å²) < 4.78 is 12.2. The predicted octanol–water partition coefficient (Wildman–Crippen LogP) is 2.68. The Hall–Kier alpha value is -2.54. The fraction of sp³-hybridized carbons (Fsp3) is 0.375. The van der Waals surface area contributed by atoms with Crippen LogP contribution in [-0.4, -0.2) is 25.1 Å². The first-order valence-electron chi connectivity index (χ1n) is 7.53. The molecule has 0 amide bonds. The van der Waals surface area contributed by atoms with E-state index in [1.54, 1.807) is 18.2 Å². The third-order valence-corrected chi connectivity index (χ3v) is 5.20.